The summed E-state index contributed by atoms with van der Waals surface area (Å²) in [7, 11) is 0. The Labute approximate surface area is 173 Å². The summed E-state index contributed by atoms with van der Waals surface area (Å²) in [5.74, 6) is 0.0164. The third kappa shape index (κ3) is 5.16. The summed E-state index contributed by atoms with van der Waals surface area (Å²) in [6.45, 7) is 4.96. The molecule has 0 fully saturated rings. The van der Waals surface area contributed by atoms with Gasteiger partial charge in [0.15, 0.2) is 6.61 Å². The molecule has 3 aromatic rings. The number of esters is 1. The number of phenolic OH excluding ortho intramolecular Hbond substituents is 1. The molecule has 0 atom stereocenters. The Kier molecular flexibility index (Phi) is 6.36. The lowest BCUT2D eigenvalue weighted by molar-refractivity contribution is -0.123. The van der Waals surface area contributed by atoms with E-state index >= 15 is 0 Å². The molecular formula is C22H22N2O6. The van der Waals surface area contributed by atoms with Crippen LogP contribution in [0, 0.1) is 6.92 Å². The molecule has 2 aromatic carbocycles. The standard InChI is InChI=1S/C22H22N2O6/c1-13(2)29-22(27)21-14(3)30-19-8-7-17(10-18(19)21)28-12-20(26)24-23-11-15-5-4-6-16(25)9-15/h4-11,13,25H,12H2,1-3H3,(H,24,26)/b23-11-. The highest BCUT2D eigenvalue weighted by Gasteiger charge is 2.21. The van der Waals surface area contributed by atoms with E-state index < -0.39 is 11.9 Å². The number of fused-ring (bicyclic) bond motifs is 1. The van der Waals surface area contributed by atoms with Crippen molar-refractivity contribution in [2.45, 2.75) is 26.9 Å². The number of benzene rings is 2. The molecule has 8 heteroatoms. The Morgan fingerprint density at radius 1 is 1.23 bits per heavy atom. The summed E-state index contributed by atoms with van der Waals surface area (Å²) < 4.78 is 16.4. The van der Waals surface area contributed by atoms with Crippen LogP contribution >= 0.6 is 0 Å². The van der Waals surface area contributed by atoms with E-state index in [-0.39, 0.29) is 18.5 Å². The molecule has 1 aromatic heterocycles. The number of hydrogen-bond donors (Lipinski definition) is 2. The topological polar surface area (TPSA) is 110 Å². The predicted molar refractivity (Wildman–Crippen MR) is 111 cm³/mol. The van der Waals surface area contributed by atoms with E-state index in [1.165, 1.54) is 18.3 Å². The van der Waals surface area contributed by atoms with Crippen molar-refractivity contribution in [3.05, 3.63) is 59.4 Å². The Bertz CT molecular complexity index is 1100. The van der Waals surface area contributed by atoms with Crippen molar-refractivity contribution in [3.8, 4) is 11.5 Å². The second kappa shape index (κ2) is 9.13. The fourth-order valence-electron chi connectivity index (χ4n) is 2.78. The fourth-order valence-corrected chi connectivity index (χ4v) is 2.78. The quantitative estimate of drug-likeness (QED) is 0.350. The van der Waals surface area contributed by atoms with E-state index in [1.54, 1.807) is 51.1 Å². The number of nitrogens with one attached hydrogen (secondary N) is 1. The zero-order chi connectivity index (χ0) is 21.7. The van der Waals surface area contributed by atoms with Gasteiger partial charge in [-0.05, 0) is 56.7 Å². The van der Waals surface area contributed by atoms with Gasteiger partial charge in [0.2, 0.25) is 0 Å². The van der Waals surface area contributed by atoms with Gasteiger partial charge in [0.1, 0.15) is 28.4 Å². The van der Waals surface area contributed by atoms with E-state index in [4.69, 9.17) is 13.9 Å². The number of carbonyl (C=O) groups is 2. The Balaban J connectivity index is 1.64. The van der Waals surface area contributed by atoms with E-state index in [0.717, 1.165) is 0 Å². The summed E-state index contributed by atoms with van der Waals surface area (Å²) in [5.41, 5.74) is 3.84. The molecular weight excluding hydrogens is 388 g/mol. The van der Waals surface area contributed by atoms with Crippen LogP contribution in [0.4, 0.5) is 0 Å². The van der Waals surface area contributed by atoms with Crippen LogP contribution < -0.4 is 10.2 Å². The third-order valence-electron chi connectivity index (χ3n) is 4.03. The largest absolute Gasteiger partial charge is 0.508 e. The van der Waals surface area contributed by atoms with Crippen molar-refractivity contribution in [3.63, 3.8) is 0 Å². The maximum Gasteiger partial charge on any atom is 0.342 e. The number of hydrazone groups is 1. The number of hydrogen-bond acceptors (Lipinski definition) is 7. The monoisotopic (exact) mass is 410 g/mol. The van der Waals surface area contributed by atoms with E-state index in [2.05, 4.69) is 10.5 Å². The smallest absolute Gasteiger partial charge is 0.342 e. The van der Waals surface area contributed by atoms with Crippen molar-refractivity contribution < 1.29 is 28.6 Å². The number of rotatable bonds is 7. The van der Waals surface area contributed by atoms with Gasteiger partial charge in [-0.2, -0.15) is 5.10 Å². The van der Waals surface area contributed by atoms with Crippen LogP contribution in [0.3, 0.4) is 0 Å². The minimum absolute atomic E-state index is 0.107. The van der Waals surface area contributed by atoms with Crippen molar-refractivity contribution in [1.29, 1.82) is 0 Å². The zero-order valence-corrected chi connectivity index (χ0v) is 16.8. The maximum atomic E-state index is 12.4. The molecule has 2 N–H and O–H groups in total. The molecule has 0 spiro atoms. The van der Waals surface area contributed by atoms with Gasteiger partial charge in [-0.3, -0.25) is 4.79 Å². The number of aryl methyl sites for hydroxylation is 1. The Morgan fingerprint density at radius 3 is 2.77 bits per heavy atom. The predicted octanol–water partition coefficient (Wildman–Crippen LogP) is 3.54. The Morgan fingerprint density at radius 2 is 2.03 bits per heavy atom. The first kappa shape index (κ1) is 20.9. The summed E-state index contributed by atoms with van der Waals surface area (Å²) in [4.78, 5) is 24.3. The van der Waals surface area contributed by atoms with Crippen LogP contribution in [0.15, 0.2) is 52.0 Å². The fraction of sp³-hybridized carbons (Fsp3) is 0.227. The number of nitrogens with zero attached hydrogens (tertiary/aromatic N) is 1. The molecule has 0 aliphatic carbocycles. The maximum absolute atomic E-state index is 12.4. The summed E-state index contributed by atoms with van der Waals surface area (Å²) in [6, 6.07) is 11.4. The van der Waals surface area contributed by atoms with Crippen LogP contribution in [0.2, 0.25) is 0 Å². The number of furan rings is 1. The van der Waals surface area contributed by atoms with Crippen molar-refractivity contribution in [2.75, 3.05) is 6.61 Å². The minimum Gasteiger partial charge on any atom is -0.508 e. The number of carbonyl (C=O) groups excluding carboxylic acids is 2. The molecule has 3 rings (SSSR count). The summed E-state index contributed by atoms with van der Waals surface area (Å²) >= 11 is 0. The van der Waals surface area contributed by atoms with Gasteiger partial charge in [0.05, 0.1) is 12.3 Å². The van der Waals surface area contributed by atoms with Gasteiger partial charge in [0, 0.05) is 5.39 Å². The molecule has 0 saturated carbocycles. The van der Waals surface area contributed by atoms with E-state index in [1.807, 2.05) is 0 Å². The molecule has 1 amide bonds. The Hall–Kier alpha value is -3.81. The normalized spacial score (nSPS) is 11.2. The van der Waals surface area contributed by atoms with Gasteiger partial charge in [-0.1, -0.05) is 12.1 Å². The lowest BCUT2D eigenvalue weighted by atomic mass is 10.1. The van der Waals surface area contributed by atoms with Crippen molar-refractivity contribution in [1.82, 2.24) is 5.43 Å². The highest BCUT2D eigenvalue weighted by molar-refractivity contribution is 6.05. The molecule has 0 bridgehead atoms. The van der Waals surface area contributed by atoms with Gasteiger partial charge in [-0.25, -0.2) is 10.2 Å². The van der Waals surface area contributed by atoms with Gasteiger partial charge in [0.25, 0.3) is 5.91 Å². The summed E-state index contributed by atoms with van der Waals surface area (Å²) in [5, 5.41) is 13.8. The zero-order valence-electron chi connectivity index (χ0n) is 16.8. The summed E-state index contributed by atoms with van der Waals surface area (Å²) in [6.07, 6.45) is 1.15. The highest BCUT2D eigenvalue weighted by atomic mass is 16.5. The van der Waals surface area contributed by atoms with Gasteiger partial charge < -0.3 is 19.0 Å². The van der Waals surface area contributed by atoms with Crippen molar-refractivity contribution >= 4 is 29.1 Å². The second-order valence-electron chi connectivity index (χ2n) is 6.82. The average molecular weight is 410 g/mol. The molecule has 30 heavy (non-hydrogen) atoms. The molecule has 1 heterocycles. The molecule has 0 radical (unpaired) electrons. The number of phenols is 1. The van der Waals surface area contributed by atoms with Gasteiger partial charge >= 0.3 is 5.97 Å². The lowest BCUT2D eigenvalue weighted by Gasteiger charge is -2.08. The average Bonchev–Trinajstić information content (AvgIpc) is 3.01. The van der Waals surface area contributed by atoms with Crippen LogP contribution in [0.1, 0.15) is 35.5 Å². The SMILES string of the molecule is Cc1oc2ccc(OCC(=O)N/N=C\c3cccc(O)c3)cc2c1C(=O)OC(C)C. The van der Waals surface area contributed by atoms with Crippen LogP contribution in [-0.2, 0) is 9.53 Å². The third-order valence-corrected chi connectivity index (χ3v) is 4.03. The number of aromatic hydroxyl groups is 1. The van der Waals surface area contributed by atoms with Crippen molar-refractivity contribution in [2.24, 2.45) is 5.10 Å². The number of amides is 1. The molecule has 156 valence electrons. The second-order valence-corrected chi connectivity index (χ2v) is 6.82. The molecule has 8 nitrogen and oxygen atoms in total. The van der Waals surface area contributed by atoms with Gasteiger partial charge in [-0.15, -0.1) is 0 Å². The minimum atomic E-state index is -0.475. The number of ether oxygens (including phenoxy) is 2. The van der Waals surface area contributed by atoms with E-state index in [0.29, 0.717) is 33.6 Å². The first-order chi connectivity index (χ1) is 14.3. The van der Waals surface area contributed by atoms with Crippen LogP contribution in [0.25, 0.3) is 11.0 Å². The van der Waals surface area contributed by atoms with Crippen LogP contribution in [0.5, 0.6) is 11.5 Å². The molecule has 0 saturated heterocycles. The molecule has 0 aliphatic rings. The van der Waals surface area contributed by atoms with Crippen LogP contribution in [-0.4, -0.2) is 35.9 Å². The molecule has 0 aliphatic heterocycles. The lowest BCUT2D eigenvalue weighted by Crippen LogP contribution is -2.24. The first-order valence-electron chi connectivity index (χ1n) is 9.31. The molecule has 0 unspecified atom stereocenters. The highest BCUT2D eigenvalue weighted by Crippen LogP contribution is 2.30. The first-order valence-corrected chi connectivity index (χ1v) is 9.31. The van der Waals surface area contributed by atoms with E-state index in [9.17, 15) is 14.7 Å².